The van der Waals surface area contributed by atoms with Crippen LogP contribution in [0.3, 0.4) is 0 Å². The molecule has 0 aliphatic carbocycles. The third-order valence-electron chi connectivity index (χ3n) is 6.68. The van der Waals surface area contributed by atoms with Crippen molar-refractivity contribution in [3.8, 4) is 0 Å². The third-order valence-corrected chi connectivity index (χ3v) is 6.68. The lowest BCUT2D eigenvalue weighted by atomic mass is 10.1. The maximum atomic E-state index is 12.2. The molecule has 2 atom stereocenters. The van der Waals surface area contributed by atoms with Crippen LogP contribution in [0, 0.1) is 0 Å². The van der Waals surface area contributed by atoms with Crippen molar-refractivity contribution in [3.63, 3.8) is 0 Å². The van der Waals surface area contributed by atoms with Gasteiger partial charge in [0.2, 0.25) is 11.8 Å². The molecule has 2 N–H and O–H groups in total. The third kappa shape index (κ3) is 17.3. The molecule has 2 amide bonds. The van der Waals surface area contributed by atoms with E-state index in [0.717, 1.165) is 89.9 Å². The van der Waals surface area contributed by atoms with Crippen LogP contribution in [0.4, 0.5) is 0 Å². The molecule has 1 rings (SSSR count). The second kappa shape index (κ2) is 21.0. The largest absolute Gasteiger partial charge is 0.463 e. The van der Waals surface area contributed by atoms with Gasteiger partial charge in [-0.05, 0) is 38.5 Å². The van der Waals surface area contributed by atoms with Gasteiger partial charge in [-0.1, -0.05) is 65.2 Å². The van der Waals surface area contributed by atoms with E-state index in [0.29, 0.717) is 25.7 Å². The summed E-state index contributed by atoms with van der Waals surface area (Å²) < 4.78 is 10.8. The minimum Gasteiger partial charge on any atom is -0.463 e. The van der Waals surface area contributed by atoms with Crippen LogP contribution in [0.25, 0.3) is 0 Å². The summed E-state index contributed by atoms with van der Waals surface area (Å²) in [6, 6.07) is -0.282. The van der Waals surface area contributed by atoms with Crippen LogP contribution in [0.5, 0.6) is 0 Å². The zero-order valence-electron chi connectivity index (χ0n) is 22.7. The molecule has 0 spiro atoms. The zero-order valence-corrected chi connectivity index (χ0v) is 22.7. The number of amides is 2. The van der Waals surface area contributed by atoms with E-state index < -0.39 is 0 Å². The Morgan fingerprint density at radius 1 is 0.528 bits per heavy atom. The van der Waals surface area contributed by atoms with E-state index in [-0.39, 0.29) is 49.1 Å². The van der Waals surface area contributed by atoms with Gasteiger partial charge < -0.3 is 20.1 Å². The van der Waals surface area contributed by atoms with Gasteiger partial charge >= 0.3 is 11.9 Å². The summed E-state index contributed by atoms with van der Waals surface area (Å²) in [7, 11) is 0. The van der Waals surface area contributed by atoms with Gasteiger partial charge in [0.25, 0.3) is 0 Å². The van der Waals surface area contributed by atoms with Crippen molar-refractivity contribution in [1.82, 2.24) is 10.6 Å². The first kappa shape index (κ1) is 31.9. The fraction of sp³-hybridized carbons (Fsp3) is 0.857. The predicted molar refractivity (Wildman–Crippen MR) is 140 cm³/mol. The van der Waals surface area contributed by atoms with Gasteiger partial charge in [0.15, 0.2) is 0 Å². The van der Waals surface area contributed by atoms with Crippen LogP contribution < -0.4 is 10.6 Å². The monoisotopic (exact) mass is 510 g/mol. The molecule has 8 heteroatoms. The number of ether oxygens (including phenoxy) is 2. The van der Waals surface area contributed by atoms with Gasteiger partial charge in [-0.25, -0.2) is 0 Å². The molecule has 1 fully saturated rings. The number of carbonyl (C=O) groups excluding carboxylic acids is 4. The Kier molecular flexibility index (Phi) is 18.6. The van der Waals surface area contributed by atoms with Gasteiger partial charge in [0.05, 0.1) is 12.1 Å². The topological polar surface area (TPSA) is 111 Å². The number of carbonyl (C=O) groups is 4. The maximum Gasteiger partial charge on any atom is 0.305 e. The summed E-state index contributed by atoms with van der Waals surface area (Å²) in [4.78, 5) is 48.5. The van der Waals surface area contributed by atoms with Crippen molar-refractivity contribution in [2.24, 2.45) is 0 Å². The fourth-order valence-corrected chi connectivity index (χ4v) is 4.18. The first-order valence-electron chi connectivity index (χ1n) is 14.3. The van der Waals surface area contributed by atoms with Crippen LogP contribution in [0.15, 0.2) is 0 Å². The lowest BCUT2D eigenvalue weighted by Gasteiger charge is -2.17. The van der Waals surface area contributed by atoms with Crippen LogP contribution in [0.2, 0.25) is 0 Å². The molecule has 0 aromatic rings. The minimum atomic E-state index is -0.205. The van der Waals surface area contributed by atoms with Crippen molar-refractivity contribution >= 4 is 23.8 Å². The molecule has 1 aliphatic rings. The Hall–Kier alpha value is -2.12. The molecule has 1 saturated heterocycles. The molecule has 2 unspecified atom stereocenters. The lowest BCUT2D eigenvalue weighted by molar-refractivity contribution is -0.145. The quantitative estimate of drug-likeness (QED) is 0.499. The van der Waals surface area contributed by atoms with Crippen LogP contribution >= 0.6 is 0 Å². The molecule has 8 nitrogen and oxygen atoms in total. The summed E-state index contributed by atoms with van der Waals surface area (Å²) in [5.41, 5.74) is 0. The number of cyclic esters (lactones) is 2. The standard InChI is InChI=1S/C28H50N2O6/c1-3-23-21-35-27(33)19-15-11-8-6-10-14-18-26(32)30-24(4-2)22-36-28(34)20-16-12-7-5-9-13-17-25(31)29-23/h23-24H,3-22H2,1-2H3,(H,29,31)(H,30,32). The first-order valence-corrected chi connectivity index (χ1v) is 14.3. The molecule has 0 radical (unpaired) electrons. The Morgan fingerprint density at radius 2 is 0.833 bits per heavy atom. The van der Waals surface area contributed by atoms with E-state index in [1.165, 1.54) is 0 Å². The Morgan fingerprint density at radius 3 is 1.17 bits per heavy atom. The Balaban J connectivity index is 2.45. The summed E-state index contributed by atoms with van der Waals surface area (Å²) >= 11 is 0. The summed E-state index contributed by atoms with van der Waals surface area (Å²) in [5.74, 6) is -0.391. The average Bonchev–Trinajstić information content (AvgIpc) is 2.86. The number of nitrogens with one attached hydrogen (secondary N) is 2. The molecule has 0 bridgehead atoms. The molecular weight excluding hydrogens is 460 g/mol. The summed E-state index contributed by atoms with van der Waals surface area (Å²) in [6.07, 6.45) is 14.4. The summed E-state index contributed by atoms with van der Waals surface area (Å²) in [5, 5.41) is 5.96. The van der Waals surface area contributed by atoms with Gasteiger partial charge in [-0.3, -0.25) is 19.2 Å². The highest BCUT2D eigenvalue weighted by molar-refractivity contribution is 5.76. The molecule has 1 heterocycles. The van der Waals surface area contributed by atoms with Crippen molar-refractivity contribution in [3.05, 3.63) is 0 Å². The Labute approximate surface area is 218 Å². The number of rotatable bonds is 2. The molecule has 0 aromatic carbocycles. The number of hydrogen-bond acceptors (Lipinski definition) is 6. The molecule has 0 aromatic heterocycles. The van der Waals surface area contributed by atoms with Gasteiger partial charge in [0, 0.05) is 25.7 Å². The second-order valence-corrected chi connectivity index (χ2v) is 9.95. The van der Waals surface area contributed by atoms with Crippen LogP contribution in [0.1, 0.15) is 129 Å². The van der Waals surface area contributed by atoms with Crippen molar-refractivity contribution in [1.29, 1.82) is 0 Å². The van der Waals surface area contributed by atoms with Gasteiger partial charge in [-0.2, -0.15) is 0 Å². The van der Waals surface area contributed by atoms with Gasteiger partial charge in [0.1, 0.15) is 13.2 Å². The van der Waals surface area contributed by atoms with E-state index in [9.17, 15) is 19.2 Å². The van der Waals surface area contributed by atoms with Gasteiger partial charge in [-0.15, -0.1) is 0 Å². The highest BCUT2D eigenvalue weighted by Crippen LogP contribution is 2.11. The normalized spacial score (nSPS) is 24.8. The number of esters is 2. The molecule has 208 valence electrons. The van der Waals surface area contributed by atoms with E-state index in [1.807, 2.05) is 13.8 Å². The van der Waals surface area contributed by atoms with Crippen LogP contribution in [-0.2, 0) is 28.7 Å². The average molecular weight is 511 g/mol. The zero-order chi connectivity index (χ0) is 26.4. The molecule has 36 heavy (non-hydrogen) atoms. The minimum absolute atomic E-state index is 0.00961. The van der Waals surface area contributed by atoms with E-state index in [4.69, 9.17) is 9.47 Å². The van der Waals surface area contributed by atoms with Crippen molar-refractivity contribution < 1.29 is 28.7 Å². The second-order valence-electron chi connectivity index (χ2n) is 9.95. The lowest BCUT2D eigenvalue weighted by Crippen LogP contribution is -2.38. The SMILES string of the molecule is CCC1COC(=O)CCCCCCCCC(=O)NC(CC)COC(=O)CCCCCCCCC(=O)N1. The first-order chi connectivity index (χ1) is 17.4. The van der Waals surface area contributed by atoms with Crippen molar-refractivity contribution in [2.75, 3.05) is 13.2 Å². The fourth-order valence-electron chi connectivity index (χ4n) is 4.18. The smallest absolute Gasteiger partial charge is 0.305 e. The molecular formula is C28H50N2O6. The number of hydrogen-bond donors (Lipinski definition) is 2. The van der Waals surface area contributed by atoms with Crippen LogP contribution in [-0.4, -0.2) is 49.1 Å². The maximum absolute atomic E-state index is 12.2. The molecule has 1 aliphatic heterocycles. The predicted octanol–water partition coefficient (Wildman–Crippen LogP) is 5.12. The van der Waals surface area contributed by atoms with Crippen molar-refractivity contribution in [2.45, 2.75) is 142 Å². The summed E-state index contributed by atoms with van der Waals surface area (Å²) in [6.45, 7) is 4.40. The highest BCUT2D eigenvalue weighted by atomic mass is 16.5. The van der Waals surface area contributed by atoms with E-state index >= 15 is 0 Å². The Bertz CT molecular complexity index is 586. The van der Waals surface area contributed by atoms with E-state index in [1.54, 1.807) is 0 Å². The van der Waals surface area contributed by atoms with E-state index in [2.05, 4.69) is 10.6 Å². The highest BCUT2D eigenvalue weighted by Gasteiger charge is 2.14. The molecule has 0 saturated carbocycles.